The van der Waals surface area contributed by atoms with Gasteiger partial charge in [0.2, 0.25) is 0 Å². The van der Waals surface area contributed by atoms with E-state index < -0.39 is 10.7 Å². The Morgan fingerprint density at radius 3 is 2.24 bits per heavy atom. The summed E-state index contributed by atoms with van der Waals surface area (Å²) in [7, 11) is -2.62. The van der Waals surface area contributed by atoms with E-state index in [1.807, 2.05) is 30.3 Å². The van der Waals surface area contributed by atoms with Crippen LogP contribution in [-0.4, -0.2) is 8.42 Å². The molecule has 88 valence electrons. The second-order valence-electron chi connectivity index (χ2n) is 3.50. The lowest BCUT2D eigenvalue weighted by molar-refractivity contribution is 0.298. The molecule has 0 radical (unpaired) electrons. The average Bonchev–Trinajstić information content (AvgIpc) is 2.38. The van der Waals surface area contributed by atoms with Crippen molar-refractivity contribution < 1.29 is 13.2 Å². The van der Waals surface area contributed by atoms with E-state index >= 15 is 0 Å². The van der Waals surface area contributed by atoms with Crippen LogP contribution >= 0.6 is 0 Å². The number of thiol groups is 1. The first-order valence-corrected chi connectivity index (χ1v) is 6.35. The van der Waals surface area contributed by atoms with Crippen LogP contribution in [0.2, 0.25) is 0 Å². The van der Waals surface area contributed by atoms with E-state index in [0.29, 0.717) is 12.4 Å². The molecule has 0 heterocycles. The first kappa shape index (κ1) is 11.7. The van der Waals surface area contributed by atoms with Gasteiger partial charge in [-0.15, -0.1) is 0 Å². The van der Waals surface area contributed by atoms with Crippen LogP contribution in [0.15, 0.2) is 59.5 Å². The van der Waals surface area contributed by atoms with Gasteiger partial charge < -0.3 is 4.74 Å². The van der Waals surface area contributed by atoms with E-state index in [1.165, 1.54) is 6.07 Å². The number of hydrogen-bond donors (Lipinski definition) is 1. The topological polar surface area (TPSA) is 43.4 Å². The minimum absolute atomic E-state index is 0.221. The normalized spacial score (nSPS) is 10.4. The molecule has 0 bridgehead atoms. The van der Waals surface area contributed by atoms with E-state index in [2.05, 4.69) is 0 Å². The van der Waals surface area contributed by atoms with Gasteiger partial charge in [0.15, 0.2) is 10.7 Å². The maximum Gasteiger partial charge on any atom is 0.171 e. The Hall–Kier alpha value is -1.81. The summed E-state index contributed by atoms with van der Waals surface area (Å²) in [5.41, 5.74) is 1.00. The average molecular weight is 248 g/mol. The molecule has 4 heteroatoms. The van der Waals surface area contributed by atoms with Gasteiger partial charge in [0.1, 0.15) is 17.3 Å². The van der Waals surface area contributed by atoms with E-state index in [9.17, 15) is 8.42 Å². The highest BCUT2D eigenvalue weighted by atomic mass is 32.2. The van der Waals surface area contributed by atoms with E-state index in [0.717, 1.165) is 5.56 Å². The molecule has 0 saturated heterocycles. The second kappa shape index (κ2) is 5.50. The SMILES string of the molecule is O=[SH](=O)c1ccccc1OCc1ccccc1. The molecule has 2 aromatic rings. The molecule has 0 saturated carbocycles. The molecule has 3 nitrogen and oxygen atoms in total. The van der Waals surface area contributed by atoms with Gasteiger partial charge in [0, 0.05) is 0 Å². The van der Waals surface area contributed by atoms with Gasteiger partial charge in [-0.1, -0.05) is 42.5 Å². The van der Waals surface area contributed by atoms with Gasteiger partial charge in [-0.3, -0.25) is 0 Å². The number of benzene rings is 2. The second-order valence-corrected chi connectivity index (χ2v) is 4.50. The minimum atomic E-state index is -2.62. The monoisotopic (exact) mass is 248 g/mol. The quantitative estimate of drug-likeness (QED) is 0.844. The van der Waals surface area contributed by atoms with Gasteiger partial charge in [-0.2, -0.15) is 0 Å². The van der Waals surface area contributed by atoms with Crippen LogP contribution in [0.5, 0.6) is 5.75 Å². The van der Waals surface area contributed by atoms with Crippen molar-refractivity contribution >= 4 is 10.7 Å². The summed E-state index contributed by atoms with van der Waals surface area (Å²) in [6, 6.07) is 16.2. The standard InChI is InChI=1S/C13H12O3S/c14-17(15)13-9-5-4-8-12(13)16-10-11-6-2-1-3-7-11/h1-9,17H,10H2. The van der Waals surface area contributed by atoms with Crippen molar-refractivity contribution in [1.82, 2.24) is 0 Å². The van der Waals surface area contributed by atoms with Crippen LogP contribution < -0.4 is 4.74 Å². The van der Waals surface area contributed by atoms with Gasteiger partial charge >= 0.3 is 0 Å². The van der Waals surface area contributed by atoms with Gasteiger partial charge in [0.25, 0.3) is 0 Å². The highest BCUT2D eigenvalue weighted by Crippen LogP contribution is 2.20. The molecule has 0 amide bonds. The Balaban J connectivity index is 2.14. The summed E-state index contributed by atoms with van der Waals surface area (Å²) in [6.45, 7) is 0.362. The molecule has 0 unspecified atom stereocenters. The lowest BCUT2D eigenvalue weighted by atomic mass is 10.2. The van der Waals surface area contributed by atoms with Crippen LogP contribution in [-0.2, 0) is 17.3 Å². The van der Waals surface area contributed by atoms with Crippen LogP contribution in [0.3, 0.4) is 0 Å². The third-order valence-corrected chi connectivity index (χ3v) is 3.06. The Kier molecular flexibility index (Phi) is 3.77. The van der Waals surface area contributed by atoms with Crippen molar-refractivity contribution in [2.24, 2.45) is 0 Å². The first-order chi connectivity index (χ1) is 8.27. The molecule has 2 aromatic carbocycles. The first-order valence-electron chi connectivity index (χ1n) is 5.17. The smallest absolute Gasteiger partial charge is 0.171 e. The Labute approximate surface area is 102 Å². The summed E-state index contributed by atoms with van der Waals surface area (Å²) in [5.74, 6) is 0.396. The molecule has 0 aliphatic carbocycles. The summed E-state index contributed by atoms with van der Waals surface area (Å²) < 4.78 is 27.5. The molecule has 17 heavy (non-hydrogen) atoms. The lowest BCUT2D eigenvalue weighted by Gasteiger charge is -2.07. The summed E-state index contributed by atoms with van der Waals surface area (Å²) >= 11 is 0. The largest absolute Gasteiger partial charge is 0.488 e. The van der Waals surface area contributed by atoms with E-state index in [1.54, 1.807) is 18.2 Å². The van der Waals surface area contributed by atoms with Gasteiger partial charge in [0.05, 0.1) is 0 Å². The molecule has 0 aromatic heterocycles. The van der Waals surface area contributed by atoms with E-state index in [-0.39, 0.29) is 4.90 Å². The fourth-order valence-electron chi connectivity index (χ4n) is 1.47. The number of para-hydroxylation sites is 1. The van der Waals surface area contributed by atoms with Crippen molar-refractivity contribution in [3.8, 4) is 5.75 Å². The van der Waals surface area contributed by atoms with Crippen molar-refractivity contribution in [1.29, 1.82) is 0 Å². The molecular weight excluding hydrogens is 236 g/mol. The summed E-state index contributed by atoms with van der Waals surface area (Å²) in [4.78, 5) is 0.221. The molecule has 0 spiro atoms. The zero-order valence-corrected chi connectivity index (χ0v) is 9.97. The van der Waals surface area contributed by atoms with Crippen LogP contribution in [0.25, 0.3) is 0 Å². The summed E-state index contributed by atoms with van der Waals surface area (Å²) in [5, 5.41) is 0. The highest BCUT2D eigenvalue weighted by Gasteiger charge is 2.04. The van der Waals surface area contributed by atoms with Crippen molar-refractivity contribution in [3.05, 3.63) is 60.2 Å². The number of hydrogen-bond acceptors (Lipinski definition) is 3. The van der Waals surface area contributed by atoms with Gasteiger partial charge in [-0.25, -0.2) is 8.42 Å². The van der Waals surface area contributed by atoms with Crippen molar-refractivity contribution in [3.63, 3.8) is 0 Å². The fraction of sp³-hybridized carbons (Fsp3) is 0.0769. The molecule has 0 aliphatic rings. The van der Waals surface area contributed by atoms with Crippen molar-refractivity contribution in [2.45, 2.75) is 11.5 Å². The molecule has 0 atom stereocenters. The molecule has 0 aliphatic heterocycles. The summed E-state index contributed by atoms with van der Waals surface area (Å²) in [6.07, 6.45) is 0. The van der Waals surface area contributed by atoms with Crippen LogP contribution in [0.4, 0.5) is 0 Å². The third-order valence-electron chi connectivity index (χ3n) is 2.30. The number of ether oxygens (including phenoxy) is 1. The highest BCUT2D eigenvalue weighted by molar-refractivity contribution is 7.72. The Morgan fingerprint density at radius 2 is 1.53 bits per heavy atom. The maximum atomic E-state index is 11.0. The molecule has 0 N–H and O–H groups in total. The minimum Gasteiger partial charge on any atom is -0.488 e. The zero-order chi connectivity index (χ0) is 12.1. The zero-order valence-electron chi connectivity index (χ0n) is 9.08. The third kappa shape index (κ3) is 3.07. The maximum absolute atomic E-state index is 11.0. The lowest BCUT2D eigenvalue weighted by Crippen LogP contribution is -1.97. The number of rotatable bonds is 4. The predicted octanol–water partition coefficient (Wildman–Crippen LogP) is 2.24. The van der Waals surface area contributed by atoms with E-state index in [4.69, 9.17) is 4.74 Å². The van der Waals surface area contributed by atoms with Crippen LogP contribution in [0, 0.1) is 0 Å². The Bertz CT molecular complexity index is 554. The Morgan fingerprint density at radius 1 is 0.882 bits per heavy atom. The fourth-order valence-corrected chi connectivity index (χ4v) is 1.99. The van der Waals surface area contributed by atoms with Gasteiger partial charge in [-0.05, 0) is 17.7 Å². The predicted molar refractivity (Wildman–Crippen MR) is 65.8 cm³/mol. The molecule has 2 rings (SSSR count). The van der Waals surface area contributed by atoms with Crippen LogP contribution in [0.1, 0.15) is 5.56 Å². The molecule has 0 fully saturated rings. The molecular formula is C13H12O3S. The van der Waals surface area contributed by atoms with Crippen molar-refractivity contribution in [2.75, 3.05) is 0 Å².